The lowest BCUT2D eigenvalue weighted by Crippen LogP contribution is -2.37. The van der Waals surface area contributed by atoms with Crippen LogP contribution in [-0.2, 0) is 4.74 Å². The maximum atomic E-state index is 13.1. The first-order chi connectivity index (χ1) is 14.1. The Kier molecular flexibility index (Phi) is 5.57. The van der Waals surface area contributed by atoms with Crippen LogP contribution in [0.4, 0.5) is 32.4 Å². The molecule has 1 aliphatic heterocycles. The smallest absolute Gasteiger partial charge is 0.235 e. The van der Waals surface area contributed by atoms with E-state index in [0.29, 0.717) is 60.1 Å². The number of halogens is 1. The molecule has 3 aromatic heterocycles. The van der Waals surface area contributed by atoms with Gasteiger partial charge in [-0.15, -0.1) is 0 Å². The number of hydrogen-bond acceptors (Lipinski definition) is 12. The summed E-state index contributed by atoms with van der Waals surface area (Å²) in [5.74, 6) is 1.08. The van der Waals surface area contributed by atoms with Gasteiger partial charge in [0.15, 0.2) is 10.9 Å². The van der Waals surface area contributed by atoms with Gasteiger partial charge in [-0.25, -0.2) is 19.3 Å². The minimum atomic E-state index is -0.495. The third-order valence-electron chi connectivity index (χ3n) is 4.03. The predicted octanol–water partition coefficient (Wildman–Crippen LogP) is 1.59. The molecule has 29 heavy (non-hydrogen) atoms. The van der Waals surface area contributed by atoms with Crippen LogP contribution in [0.1, 0.15) is 18.8 Å². The molecule has 152 valence electrons. The zero-order chi connectivity index (χ0) is 20.2. The first-order valence-corrected chi connectivity index (χ1v) is 9.69. The second-order valence-corrected chi connectivity index (χ2v) is 7.26. The summed E-state index contributed by atoms with van der Waals surface area (Å²) in [5, 5.41) is 7.34. The van der Waals surface area contributed by atoms with Crippen LogP contribution >= 0.6 is 11.3 Å². The van der Waals surface area contributed by atoms with Gasteiger partial charge in [0.25, 0.3) is 0 Å². The number of thiazole rings is 1. The van der Waals surface area contributed by atoms with Crippen LogP contribution in [0.3, 0.4) is 0 Å². The second-order valence-electron chi connectivity index (χ2n) is 6.20. The van der Waals surface area contributed by atoms with E-state index in [1.807, 2.05) is 11.8 Å². The summed E-state index contributed by atoms with van der Waals surface area (Å²) >= 11 is 1.29. The summed E-state index contributed by atoms with van der Waals surface area (Å²) in [6, 6.07) is -0.348. The maximum Gasteiger partial charge on any atom is 0.235 e. The number of nitrogens with two attached hydrogens (primary N) is 1. The van der Waals surface area contributed by atoms with E-state index < -0.39 is 5.82 Å². The molecule has 11 nitrogen and oxygen atoms in total. The van der Waals surface area contributed by atoms with Crippen molar-refractivity contribution in [2.24, 2.45) is 0 Å². The average molecular weight is 418 g/mol. The number of ether oxygens (including phenoxy) is 1. The first kappa shape index (κ1) is 19.1. The Morgan fingerprint density at radius 1 is 1.10 bits per heavy atom. The molecule has 4 rings (SSSR count). The fourth-order valence-electron chi connectivity index (χ4n) is 2.63. The molecule has 0 bridgehead atoms. The highest BCUT2D eigenvalue weighted by atomic mass is 32.1. The van der Waals surface area contributed by atoms with Gasteiger partial charge >= 0.3 is 0 Å². The van der Waals surface area contributed by atoms with E-state index in [9.17, 15) is 4.39 Å². The van der Waals surface area contributed by atoms with Gasteiger partial charge in [-0.2, -0.15) is 15.0 Å². The van der Waals surface area contributed by atoms with Gasteiger partial charge in [-0.3, -0.25) is 5.32 Å². The van der Waals surface area contributed by atoms with Crippen molar-refractivity contribution in [1.82, 2.24) is 29.9 Å². The summed E-state index contributed by atoms with van der Waals surface area (Å²) in [5.41, 5.74) is 5.74. The van der Waals surface area contributed by atoms with E-state index in [2.05, 4.69) is 40.5 Å². The van der Waals surface area contributed by atoms with Gasteiger partial charge in [0.05, 0.1) is 37.8 Å². The Balaban J connectivity index is 1.60. The summed E-state index contributed by atoms with van der Waals surface area (Å²) in [4.78, 5) is 27.6. The van der Waals surface area contributed by atoms with Crippen LogP contribution in [0.2, 0.25) is 0 Å². The van der Waals surface area contributed by atoms with Crippen LogP contribution in [0.5, 0.6) is 0 Å². The molecule has 0 unspecified atom stereocenters. The van der Waals surface area contributed by atoms with Gasteiger partial charge in [0.2, 0.25) is 17.8 Å². The highest BCUT2D eigenvalue weighted by Crippen LogP contribution is 2.24. The molecule has 0 aromatic carbocycles. The summed E-state index contributed by atoms with van der Waals surface area (Å²) in [6.45, 7) is 4.37. The van der Waals surface area contributed by atoms with Gasteiger partial charge in [0, 0.05) is 13.1 Å². The second kappa shape index (κ2) is 8.45. The van der Waals surface area contributed by atoms with E-state index in [1.54, 1.807) is 6.20 Å². The van der Waals surface area contributed by atoms with Gasteiger partial charge < -0.3 is 20.7 Å². The molecule has 1 fully saturated rings. The van der Waals surface area contributed by atoms with E-state index in [1.165, 1.54) is 11.3 Å². The van der Waals surface area contributed by atoms with Crippen LogP contribution < -0.4 is 21.3 Å². The SMILES string of the molecule is C[C@H](Nc1nc(Nc2ncc(N)s2)nc(N2CCOCC2)n1)c1ncc(F)cn1. The molecular formula is C16H19FN10OS. The molecule has 0 radical (unpaired) electrons. The Hall–Kier alpha value is -3.19. The molecule has 13 heteroatoms. The monoisotopic (exact) mass is 418 g/mol. The van der Waals surface area contributed by atoms with Crippen molar-refractivity contribution in [2.75, 3.05) is 47.6 Å². The van der Waals surface area contributed by atoms with Crippen molar-refractivity contribution in [2.45, 2.75) is 13.0 Å². The molecular weight excluding hydrogens is 399 g/mol. The fraction of sp³-hybridized carbons (Fsp3) is 0.375. The van der Waals surface area contributed by atoms with Gasteiger partial charge in [-0.05, 0) is 6.92 Å². The molecule has 0 aliphatic carbocycles. The standard InChI is InChI=1S/C16H19FN10OS/c1-9(12-19-6-10(17)7-20-12)22-13-23-14(26-16-21-8-11(18)29-16)25-15(24-13)27-2-4-28-5-3-27/h6-9H,2-5,18H2,1H3,(H2,21,22,23,24,25,26)/t9-/m0/s1. The summed E-state index contributed by atoms with van der Waals surface area (Å²) in [7, 11) is 0. The van der Waals surface area contributed by atoms with E-state index >= 15 is 0 Å². The Morgan fingerprint density at radius 2 is 1.83 bits per heavy atom. The summed E-state index contributed by atoms with van der Waals surface area (Å²) < 4.78 is 18.5. The minimum Gasteiger partial charge on any atom is -0.389 e. The van der Waals surface area contributed by atoms with Crippen molar-refractivity contribution >= 4 is 39.3 Å². The van der Waals surface area contributed by atoms with Crippen LogP contribution in [-0.4, -0.2) is 56.2 Å². The predicted molar refractivity (Wildman–Crippen MR) is 107 cm³/mol. The first-order valence-electron chi connectivity index (χ1n) is 8.88. The van der Waals surface area contributed by atoms with Crippen LogP contribution in [0.25, 0.3) is 0 Å². The number of nitrogen functional groups attached to an aromatic ring is 1. The number of hydrogen-bond donors (Lipinski definition) is 3. The molecule has 3 aromatic rings. The van der Waals surface area contributed by atoms with E-state index in [0.717, 1.165) is 12.4 Å². The molecule has 0 amide bonds. The lowest BCUT2D eigenvalue weighted by Gasteiger charge is -2.27. The van der Waals surface area contributed by atoms with Gasteiger partial charge in [0.1, 0.15) is 10.8 Å². The number of morpholine rings is 1. The van der Waals surface area contributed by atoms with Crippen molar-refractivity contribution in [1.29, 1.82) is 0 Å². The van der Waals surface area contributed by atoms with Gasteiger partial charge in [-0.1, -0.05) is 11.3 Å². The topological polar surface area (TPSA) is 140 Å². The number of nitrogens with zero attached hydrogens (tertiary/aromatic N) is 7. The largest absolute Gasteiger partial charge is 0.389 e. The summed E-state index contributed by atoms with van der Waals surface area (Å²) in [6.07, 6.45) is 3.80. The lowest BCUT2D eigenvalue weighted by molar-refractivity contribution is 0.122. The third kappa shape index (κ3) is 4.81. The average Bonchev–Trinajstić information content (AvgIpc) is 3.13. The third-order valence-corrected chi connectivity index (χ3v) is 4.77. The maximum absolute atomic E-state index is 13.1. The lowest BCUT2D eigenvalue weighted by atomic mass is 10.3. The highest BCUT2D eigenvalue weighted by Gasteiger charge is 2.19. The fourth-order valence-corrected chi connectivity index (χ4v) is 3.21. The van der Waals surface area contributed by atoms with E-state index in [4.69, 9.17) is 10.5 Å². The van der Waals surface area contributed by atoms with Crippen LogP contribution in [0.15, 0.2) is 18.6 Å². The Morgan fingerprint density at radius 3 is 2.52 bits per heavy atom. The Labute approximate surface area is 169 Å². The Bertz CT molecular complexity index is 963. The molecule has 0 spiro atoms. The molecule has 0 saturated carbocycles. The minimum absolute atomic E-state index is 0.325. The van der Waals surface area contributed by atoms with Crippen molar-refractivity contribution in [3.8, 4) is 0 Å². The van der Waals surface area contributed by atoms with Crippen molar-refractivity contribution in [3.05, 3.63) is 30.2 Å². The molecule has 1 aliphatic rings. The number of nitrogens with one attached hydrogen (secondary N) is 2. The molecule has 1 saturated heterocycles. The molecule has 4 N–H and O–H groups in total. The van der Waals surface area contributed by atoms with Crippen molar-refractivity contribution in [3.63, 3.8) is 0 Å². The quantitative estimate of drug-likeness (QED) is 0.537. The highest BCUT2D eigenvalue weighted by molar-refractivity contribution is 7.19. The molecule has 4 heterocycles. The zero-order valence-corrected chi connectivity index (χ0v) is 16.4. The zero-order valence-electron chi connectivity index (χ0n) is 15.5. The van der Waals surface area contributed by atoms with E-state index in [-0.39, 0.29) is 6.04 Å². The normalized spacial score (nSPS) is 15.2. The number of aromatic nitrogens is 6. The number of anilines is 5. The van der Waals surface area contributed by atoms with Crippen LogP contribution in [0, 0.1) is 5.82 Å². The number of rotatable bonds is 6. The molecule has 1 atom stereocenters. The van der Waals surface area contributed by atoms with Crippen molar-refractivity contribution < 1.29 is 9.13 Å².